The molecule has 1 aromatic rings. The van der Waals surface area contributed by atoms with Gasteiger partial charge >= 0.3 is 0 Å². The first-order valence-electron chi connectivity index (χ1n) is 5.44. The van der Waals surface area contributed by atoms with Crippen LogP contribution in [0.25, 0.3) is 0 Å². The van der Waals surface area contributed by atoms with E-state index < -0.39 is 20.5 Å². The average molecular weight is 287 g/mol. The number of nitrogens with one attached hydrogen (secondary N) is 2. The summed E-state index contributed by atoms with van der Waals surface area (Å²) in [5, 5.41) is 2.51. The molecule has 0 aliphatic carbocycles. The molecule has 106 valence electrons. The Bertz CT molecular complexity index is 570. The number of nitrogen functional groups attached to an aromatic ring is 1. The molecule has 0 saturated heterocycles. The Balaban J connectivity index is 2.76. The molecule has 0 spiro atoms. The summed E-state index contributed by atoms with van der Waals surface area (Å²) >= 11 is 0. The van der Waals surface area contributed by atoms with Crippen molar-refractivity contribution in [3.8, 4) is 0 Å². The lowest BCUT2D eigenvalue weighted by Gasteiger charge is -2.22. The van der Waals surface area contributed by atoms with Crippen LogP contribution in [0.15, 0.2) is 12.4 Å². The van der Waals surface area contributed by atoms with E-state index in [0.717, 1.165) is 6.26 Å². The maximum atomic E-state index is 11.8. The Labute approximate surface area is 111 Å². The van der Waals surface area contributed by atoms with Crippen LogP contribution in [0, 0.1) is 0 Å². The normalized spacial score (nSPS) is 12.0. The molecule has 0 aromatic carbocycles. The SMILES string of the molecule is CC(C)(CNC(=O)c1cncc(NN)n1)S(C)(=O)=O. The molecular formula is C10H17N5O3S. The summed E-state index contributed by atoms with van der Waals surface area (Å²) in [6.07, 6.45) is 3.75. The molecule has 0 atom stereocenters. The number of rotatable bonds is 5. The predicted molar refractivity (Wildman–Crippen MR) is 71.1 cm³/mol. The number of amides is 1. The van der Waals surface area contributed by atoms with Crippen molar-refractivity contribution in [2.24, 2.45) is 5.84 Å². The number of carbonyl (C=O) groups excluding carboxylic acids is 1. The molecule has 1 heterocycles. The number of carbonyl (C=O) groups is 1. The maximum Gasteiger partial charge on any atom is 0.271 e. The summed E-state index contributed by atoms with van der Waals surface area (Å²) in [4.78, 5) is 19.5. The van der Waals surface area contributed by atoms with Crippen molar-refractivity contribution in [3.63, 3.8) is 0 Å². The minimum atomic E-state index is -3.28. The van der Waals surface area contributed by atoms with Gasteiger partial charge in [-0.15, -0.1) is 0 Å². The van der Waals surface area contributed by atoms with Gasteiger partial charge in [0, 0.05) is 12.8 Å². The Morgan fingerprint density at radius 2 is 2.05 bits per heavy atom. The summed E-state index contributed by atoms with van der Waals surface area (Å²) in [5.74, 6) is 4.89. The third-order valence-electron chi connectivity index (χ3n) is 2.69. The van der Waals surface area contributed by atoms with Crippen molar-refractivity contribution in [2.75, 3.05) is 18.2 Å². The van der Waals surface area contributed by atoms with Crippen LogP contribution in [0.2, 0.25) is 0 Å². The molecule has 8 nitrogen and oxygen atoms in total. The van der Waals surface area contributed by atoms with Gasteiger partial charge in [-0.25, -0.2) is 19.2 Å². The highest BCUT2D eigenvalue weighted by Crippen LogP contribution is 2.13. The molecule has 0 bridgehead atoms. The van der Waals surface area contributed by atoms with E-state index in [9.17, 15) is 13.2 Å². The first-order valence-corrected chi connectivity index (χ1v) is 7.33. The third kappa shape index (κ3) is 3.86. The van der Waals surface area contributed by atoms with Gasteiger partial charge in [-0.2, -0.15) is 0 Å². The topological polar surface area (TPSA) is 127 Å². The second-order valence-electron chi connectivity index (χ2n) is 4.65. The number of hydrazine groups is 1. The largest absolute Gasteiger partial charge is 0.349 e. The second-order valence-corrected chi connectivity index (χ2v) is 7.30. The van der Waals surface area contributed by atoms with Gasteiger partial charge in [0.1, 0.15) is 5.69 Å². The Hall–Kier alpha value is -1.74. The zero-order chi connectivity index (χ0) is 14.7. The van der Waals surface area contributed by atoms with Gasteiger partial charge in [-0.05, 0) is 13.8 Å². The van der Waals surface area contributed by atoms with Crippen LogP contribution in [0.3, 0.4) is 0 Å². The lowest BCUT2D eigenvalue weighted by Crippen LogP contribution is -2.44. The summed E-state index contributed by atoms with van der Waals surface area (Å²) < 4.78 is 21.9. The van der Waals surface area contributed by atoms with Gasteiger partial charge in [-0.3, -0.25) is 9.78 Å². The third-order valence-corrected chi connectivity index (χ3v) is 4.85. The van der Waals surface area contributed by atoms with E-state index in [1.165, 1.54) is 26.2 Å². The van der Waals surface area contributed by atoms with Gasteiger partial charge in [-0.1, -0.05) is 0 Å². The van der Waals surface area contributed by atoms with E-state index >= 15 is 0 Å². The number of sulfone groups is 1. The number of hydrogen-bond donors (Lipinski definition) is 3. The van der Waals surface area contributed by atoms with Crippen LogP contribution in [0.4, 0.5) is 5.82 Å². The van der Waals surface area contributed by atoms with Crippen LogP contribution in [-0.4, -0.2) is 41.8 Å². The van der Waals surface area contributed by atoms with E-state index in [2.05, 4.69) is 20.7 Å². The van der Waals surface area contributed by atoms with Crippen molar-refractivity contribution in [3.05, 3.63) is 18.1 Å². The van der Waals surface area contributed by atoms with E-state index in [1.807, 2.05) is 0 Å². The highest BCUT2D eigenvalue weighted by atomic mass is 32.2. The first kappa shape index (κ1) is 15.3. The lowest BCUT2D eigenvalue weighted by molar-refractivity contribution is 0.0945. The Kier molecular flexibility index (Phi) is 4.43. The molecule has 0 unspecified atom stereocenters. The minimum Gasteiger partial charge on any atom is -0.349 e. The summed E-state index contributed by atoms with van der Waals surface area (Å²) in [7, 11) is -3.28. The molecule has 19 heavy (non-hydrogen) atoms. The molecule has 1 aromatic heterocycles. The molecule has 4 N–H and O–H groups in total. The Morgan fingerprint density at radius 3 is 2.58 bits per heavy atom. The summed E-state index contributed by atoms with van der Waals surface area (Å²) in [6, 6.07) is 0. The molecular weight excluding hydrogens is 270 g/mol. The van der Waals surface area contributed by atoms with Crippen molar-refractivity contribution in [2.45, 2.75) is 18.6 Å². The van der Waals surface area contributed by atoms with E-state index in [-0.39, 0.29) is 18.1 Å². The number of hydrogen-bond acceptors (Lipinski definition) is 7. The smallest absolute Gasteiger partial charge is 0.271 e. The standard InChI is InChI=1S/C10H17N5O3S/c1-10(2,19(3,17)18)6-13-9(16)7-4-12-5-8(14-7)15-11/h4-5H,6,11H2,1-3H3,(H,13,16)(H,14,15). The van der Waals surface area contributed by atoms with Gasteiger partial charge in [0.25, 0.3) is 5.91 Å². The zero-order valence-electron chi connectivity index (χ0n) is 11.0. The van der Waals surface area contributed by atoms with Crippen LogP contribution in [0.1, 0.15) is 24.3 Å². The van der Waals surface area contributed by atoms with Crippen molar-refractivity contribution in [1.29, 1.82) is 0 Å². The van der Waals surface area contributed by atoms with Crippen molar-refractivity contribution in [1.82, 2.24) is 15.3 Å². The van der Waals surface area contributed by atoms with E-state index in [4.69, 9.17) is 5.84 Å². The molecule has 1 amide bonds. The second kappa shape index (κ2) is 5.49. The molecule has 9 heteroatoms. The lowest BCUT2D eigenvalue weighted by atomic mass is 10.2. The van der Waals surface area contributed by atoms with Crippen LogP contribution in [0.5, 0.6) is 0 Å². The van der Waals surface area contributed by atoms with Crippen LogP contribution < -0.4 is 16.6 Å². The first-order chi connectivity index (χ1) is 8.67. The van der Waals surface area contributed by atoms with Crippen LogP contribution in [-0.2, 0) is 9.84 Å². The molecule has 0 fully saturated rings. The predicted octanol–water partition coefficient (Wildman–Crippen LogP) is -0.685. The van der Waals surface area contributed by atoms with Crippen molar-refractivity contribution < 1.29 is 13.2 Å². The highest BCUT2D eigenvalue weighted by molar-refractivity contribution is 7.92. The molecule has 1 rings (SSSR count). The van der Waals surface area contributed by atoms with E-state index in [0.29, 0.717) is 0 Å². The van der Waals surface area contributed by atoms with Gasteiger partial charge in [0.15, 0.2) is 15.7 Å². The summed E-state index contributed by atoms with van der Waals surface area (Å²) in [6.45, 7) is 3.05. The quantitative estimate of drug-likeness (QED) is 0.483. The minimum absolute atomic E-state index is 0.0212. The fourth-order valence-corrected chi connectivity index (χ4v) is 1.39. The number of nitrogens with zero attached hydrogens (tertiary/aromatic N) is 2. The van der Waals surface area contributed by atoms with E-state index in [1.54, 1.807) is 0 Å². The van der Waals surface area contributed by atoms with Gasteiger partial charge in [0.2, 0.25) is 0 Å². The highest BCUT2D eigenvalue weighted by Gasteiger charge is 2.30. The number of anilines is 1. The van der Waals surface area contributed by atoms with Gasteiger partial charge < -0.3 is 10.7 Å². The molecule has 0 aliphatic heterocycles. The Morgan fingerprint density at radius 1 is 1.42 bits per heavy atom. The molecule has 0 aliphatic rings. The fourth-order valence-electron chi connectivity index (χ4n) is 1.06. The number of nitrogens with two attached hydrogens (primary N) is 1. The van der Waals surface area contributed by atoms with Crippen molar-refractivity contribution >= 4 is 21.6 Å². The van der Waals surface area contributed by atoms with Gasteiger partial charge in [0.05, 0.1) is 17.1 Å². The monoisotopic (exact) mass is 287 g/mol. The molecule has 0 radical (unpaired) electrons. The maximum absolute atomic E-state index is 11.8. The average Bonchev–Trinajstić information content (AvgIpc) is 2.34. The summed E-state index contributed by atoms with van der Waals surface area (Å²) in [5.41, 5.74) is 2.32. The zero-order valence-corrected chi connectivity index (χ0v) is 11.8. The fraction of sp³-hybridized carbons (Fsp3) is 0.500. The molecule has 0 saturated carbocycles. The van der Waals surface area contributed by atoms with Crippen LogP contribution >= 0.6 is 0 Å². The number of aromatic nitrogens is 2.